The molecule has 1 aliphatic carbocycles. The highest BCUT2D eigenvalue weighted by Gasteiger charge is 2.18. The fraction of sp³-hybridized carbons (Fsp3) is 0.900. The average Bonchev–Trinajstić information content (AvgIpc) is 2.42. The first kappa shape index (κ1) is 18.7. The molecule has 0 aromatic heterocycles. The standard InChI is InChI=1S/C20H38O/c1-17-9-7-5-6-8-13-20(3,4)14-12-19(16-21)11-10-18(2)15-17/h11,17-18,21H,5-10,12-16H2,1-4H3. The van der Waals surface area contributed by atoms with Gasteiger partial charge in [0.25, 0.3) is 0 Å². The Hall–Kier alpha value is -0.300. The quantitative estimate of drug-likeness (QED) is 0.578. The van der Waals surface area contributed by atoms with Crippen LogP contribution in [0.2, 0.25) is 0 Å². The molecule has 0 heterocycles. The van der Waals surface area contributed by atoms with Crippen LogP contribution in [0.3, 0.4) is 0 Å². The van der Waals surface area contributed by atoms with Gasteiger partial charge >= 0.3 is 0 Å². The molecule has 0 aromatic carbocycles. The van der Waals surface area contributed by atoms with Crippen LogP contribution in [0.1, 0.15) is 91.9 Å². The van der Waals surface area contributed by atoms with Gasteiger partial charge in [0, 0.05) is 0 Å². The smallest absolute Gasteiger partial charge is 0.0641 e. The molecule has 0 bridgehead atoms. The summed E-state index contributed by atoms with van der Waals surface area (Å²) in [5.41, 5.74) is 1.69. The third-order valence-electron chi connectivity index (χ3n) is 5.24. The Balaban J connectivity index is 2.62. The van der Waals surface area contributed by atoms with Crippen molar-refractivity contribution in [3.8, 4) is 0 Å². The van der Waals surface area contributed by atoms with E-state index in [0.29, 0.717) is 5.41 Å². The summed E-state index contributed by atoms with van der Waals surface area (Å²) < 4.78 is 0. The van der Waals surface area contributed by atoms with Crippen molar-refractivity contribution in [3.05, 3.63) is 11.6 Å². The van der Waals surface area contributed by atoms with E-state index in [4.69, 9.17) is 0 Å². The summed E-state index contributed by atoms with van der Waals surface area (Å²) >= 11 is 0. The van der Waals surface area contributed by atoms with Gasteiger partial charge in [-0.25, -0.2) is 0 Å². The van der Waals surface area contributed by atoms with Crippen molar-refractivity contribution in [1.29, 1.82) is 0 Å². The normalized spacial score (nSPS) is 30.0. The number of rotatable bonds is 1. The topological polar surface area (TPSA) is 20.2 Å². The molecule has 1 N–H and O–H groups in total. The van der Waals surface area contributed by atoms with Crippen LogP contribution in [-0.4, -0.2) is 11.7 Å². The first-order valence-electron chi connectivity index (χ1n) is 9.22. The van der Waals surface area contributed by atoms with Gasteiger partial charge in [0.2, 0.25) is 0 Å². The first-order valence-corrected chi connectivity index (χ1v) is 9.22. The van der Waals surface area contributed by atoms with E-state index < -0.39 is 0 Å². The number of allylic oxidation sites excluding steroid dienone is 1. The van der Waals surface area contributed by atoms with Crippen molar-refractivity contribution in [2.24, 2.45) is 17.3 Å². The van der Waals surface area contributed by atoms with E-state index in [9.17, 15) is 5.11 Å². The summed E-state index contributed by atoms with van der Waals surface area (Å²) in [4.78, 5) is 0. The molecule has 1 nitrogen and oxygen atoms in total. The molecule has 1 aliphatic rings. The van der Waals surface area contributed by atoms with Gasteiger partial charge in [-0.1, -0.05) is 65.9 Å². The zero-order valence-electron chi connectivity index (χ0n) is 15.0. The molecule has 0 aromatic rings. The van der Waals surface area contributed by atoms with Crippen LogP contribution in [0.5, 0.6) is 0 Å². The zero-order valence-corrected chi connectivity index (χ0v) is 15.0. The Morgan fingerprint density at radius 2 is 1.76 bits per heavy atom. The molecule has 2 unspecified atom stereocenters. The van der Waals surface area contributed by atoms with Crippen LogP contribution in [0, 0.1) is 17.3 Å². The summed E-state index contributed by atoms with van der Waals surface area (Å²) in [7, 11) is 0. The highest BCUT2D eigenvalue weighted by atomic mass is 16.3. The molecule has 0 fully saturated rings. The number of aliphatic hydroxyl groups excluding tert-OH is 1. The van der Waals surface area contributed by atoms with Crippen molar-refractivity contribution in [1.82, 2.24) is 0 Å². The van der Waals surface area contributed by atoms with Crippen LogP contribution in [-0.2, 0) is 0 Å². The first-order chi connectivity index (χ1) is 9.93. The van der Waals surface area contributed by atoms with E-state index in [1.807, 2.05) is 0 Å². The lowest BCUT2D eigenvalue weighted by Crippen LogP contribution is -2.12. The van der Waals surface area contributed by atoms with Crippen molar-refractivity contribution >= 4 is 0 Å². The molecule has 2 atom stereocenters. The van der Waals surface area contributed by atoms with Gasteiger partial charge < -0.3 is 5.11 Å². The molecule has 0 saturated carbocycles. The highest BCUT2D eigenvalue weighted by Crippen LogP contribution is 2.32. The van der Waals surface area contributed by atoms with E-state index in [-0.39, 0.29) is 6.61 Å². The molecule has 0 aliphatic heterocycles. The zero-order chi connectivity index (χ0) is 15.7. The SMILES string of the molecule is CC1CC=C(CO)CCC(C)(C)CCCCCCC(C)C1. The Labute approximate surface area is 133 Å². The van der Waals surface area contributed by atoms with Gasteiger partial charge in [0.15, 0.2) is 0 Å². The second-order valence-corrected chi connectivity index (χ2v) is 8.32. The number of aliphatic hydroxyl groups is 1. The van der Waals surface area contributed by atoms with Gasteiger partial charge in [-0.05, 0) is 54.9 Å². The third-order valence-corrected chi connectivity index (χ3v) is 5.24. The molecular formula is C20H38O. The number of hydrogen-bond donors (Lipinski definition) is 1. The van der Waals surface area contributed by atoms with Gasteiger partial charge in [-0.2, -0.15) is 0 Å². The maximum atomic E-state index is 9.58. The summed E-state index contributed by atoms with van der Waals surface area (Å²) in [5.74, 6) is 1.60. The predicted octanol–water partition coefficient (Wildman–Crippen LogP) is 6.12. The number of hydrogen-bond acceptors (Lipinski definition) is 1. The Bertz CT molecular complexity index is 303. The van der Waals surface area contributed by atoms with Crippen LogP contribution >= 0.6 is 0 Å². The second kappa shape index (κ2) is 9.66. The average molecular weight is 295 g/mol. The van der Waals surface area contributed by atoms with Crippen molar-refractivity contribution < 1.29 is 5.11 Å². The van der Waals surface area contributed by atoms with Crippen LogP contribution in [0.4, 0.5) is 0 Å². The molecule has 0 saturated heterocycles. The van der Waals surface area contributed by atoms with Gasteiger partial charge in [0.1, 0.15) is 0 Å². The van der Waals surface area contributed by atoms with Crippen molar-refractivity contribution in [2.75, 3.05) is 6.61 Å². The predicted molar refractivity (Wildman–Crippen MR) is 93.4 cm³/mol. The molecular weight excluding hydrogens is 256 g/mol. The Morgan fingerprint density at radius 3 is 2.48 bits per heavy atom. The van der Waals surface area contributed by atoms with E-state index in [2.05, 4.69) is 33.8 Å². The Kier molecular flexibility index (Phi) is 8.63. The molecule has 0 amide bonds. The van der Waals surface area contributed by atoms with E-state index >= 15 is 0 Å². The third kappa shape index (κ3) is 8.66. The minimum absolute atomic E-state index is 0.248. The fourth-order valence-corrected chi connectivity index (χ4v) is 3.59. The van der Waals surface area contributed by atoms with Crippen LogP contribution in [0.25, 0.3) is 0 Å². The molecule has 1 rings (SSSR count). The molecule has 21 heavy (non-hydrogen) atoms. The second-order valence-electron chi connectivity index (χ2n) is 8.32. The molecule has 1 heteroatoms. The van der Waals surface area contributed by atoms with E-state index in [1.54, 1.807) is 0 Å². The molecule has 0 spiro atoms. The van der Waals surface area contributed by atoms with E-state index in [0.717, 1.165) is 24.7 Å². The molecule has 0 radical (unpaired) electrons. The highest BCUT2D eigenvalue weighted by molar-refractivity contribution is 5.03. The van der Waals surface area contributed by atoms with Gasteiger partial charge in [-0.3, -0.25) is 0 Å². The molecule has 124 valence electrons. The maximum absolute atomic E-state index is 9.58. The van der Waals surface area contributed by atoms with Gasteiger partial charge in [0.05, 0.1) is 6.61 Å². The summed E-state index contributed by atoms with van der Waals surface area (Å²) in [6.45, 7) is 9.81. The van der Waals surface area contributed by atoms with Gasteiger partial charge in [-0.15, -0.1) is 0 Å². The maximum Gasteiger partial charge on any atom is 0.0641 e. The van der Waals surface area contributed by atoms with Crippen LogP contribution in [0.15, 0.2) is 11.6 Å². The summed E-state index contributed by atoms with van der Waals surface area (Å²) in [6, 6.07) is 0. The minimum Gasteiger partial charge on any atom is -0.392 e. The lowest BCUT2D eigenvalue weighted by molar-refractivity contribution is 0.279. The Morgan fingerprint density at radius 1 is 1.05 bits per heavy atom. The lowest BCUT2D eigenvalue weighted by Gasteiger charge is -2.25. The van der Waals surface area contributed by atoms with Crippen molar-refractivity contribution in [2.45, 2.75) is 91.9 Å². The summed E-state index contributed by atoms with van der Waals surface area (Å²) in [5, 5.41) is 9.58. The lowest BCUT2D eigenvalue weighted by atomic mass is 9.81. The summed E-state index contributed by atoms with van der Waals surface area (Å²) in [6.07, 6.45) is 15.4. The van der Waals surface area contributed by atoms with E-state index in [1.165, 1.54) is 56.9 Å². The minimum atomic E-state index is 0.248. The monoisotopic (exact) mass is 294 g/mol. The van der Waals surface area contributed by atoms with Crippen molar-refractivity contribution in [3.63, 3.8) is 0 Å². The largest absolute Gasteiger partial charge is 0.392 e. The fourth-order valence-electron chi connectivity index (χ4n) is 3.59. The van der Waals surface area contributed by atoms with Crippen LogP contribution < -0.4 is 0 Å².